The molecule has 21 heavy (non-hydrogen) atoms. The van der Waals surface area contributed by atoms with Gasteiger partial charge >= 0.3 is 5.97 Å². The summed E-state index contributed by atoms with van der Waals surface area (Å²) in [6.45, 7) is 4.18. The van der Waals surface area contributed by atoms with E-state index in [4.69, 9.17) is 5.11 Å². The van der Waals surface area contributed by atoms with Gasteiger partial charge in [0.15, 0.2) is 0 Å². The van der Waals surface area contributed by atoms with E-state index < -0.39 is 5.97 Å². The standard InChI is InChI=1S/C19H22O2/c1-14(2)18(13-19(20)21)12-15-8-10-17(11-9-15)16-6-4-3-5-7-16/h3-11,14,18H,12-13H2,1-2H3,(H,20,21). The van der Waals surface area contributed by atoms with Gasteiger partial charge in [0.2, 0.25) is 0 Å². The van der Waals surface area contributed by atoms with Crippen LogP contribution >= 0.6 is 0 Å². The third-order valence-electron chi connectivity index (χ3n) is 3.94. The number of aliphatic carboxylic acids is 1. The molecule has 0 aliphatic heterocycles. The molecule has 110 valence electrons. The summed E-state index contributed by atoms with van der Waals surface area (Å²) >= 11 is 0. The molecule has 2 aromatic rings. The molecule has 0 spiro atoms. The molecule has 1 atom stereocenters. The molecule has 0 aliphatic rings. The van der Waals surface area contributed by atoms with Crippen molar-refractivity contribution in [3.63, 3.8) is 0 Å². The van der Waals surface area contributed by atoms with Crippen LogP contribution < -0.4 is 0 Å². The minimum absolute atomic E-state index is 0.185. The molecule has 1 N–H and O–H groups in total. The Morgan fingerprint density at radius 1 is 0.952 bits per heavy atom. The van der Waals surface area contributed by atoms with Gasteiger partial charge in [0.05, 0.1) is 0 Å². The average molecular weight is 282 g/mol. The van der Waals surface area contributed by atoms with Crippen LogP contribution in [0.4, 0.5) is 0 Å². The molecule has 0 aliphatic carbocycles. The number of hydrogen-bond donors (Lipinski definition) is 1. The largest absolute Gasteiger partial charge is 0.481 e. The maximum atomic E-state index is 10.9. The first-order chi connectivity index (χ1) is 10.1. The van der Waals surface area contributed by atoms with Gasteiger partial charge in [0, 0.05) is 6.42 Å². The molecule has 0 aromatic heterocycles. The zero-order valence-electron chi connectivity index (χ0n) is 12.6. The Kier molecular flexibility index (Phi) is 5.15. The number of carboxylic acid groups (broad SMARTS) is 1. The Bertz CT molecular complexity index is 570. The lowest BCUT2D eigenvalue weighted by Crippen LogP contribution is -2.16. The lowest BCUT2D eigenvalue weighted by Gasteiger charge is -2.19. The number of rotatable bonds is 6. The van der Waals surface area contributed by atoms with Crippen LogP contribution in [0.5, 0.6) is 0 Å². The third-order valence-corrected chi connectivity index (χ3v) is 3.94. The van der Waals surface area contributed by atoms with Crippen LogP contribution in [0.2, 0.25) is 0 Å². The number of benzene rings is 2. The van der Waals surface area contributed by atoms with Gasteiger partial charge in [-0.25, -0.2) is 0 Å². The van der Waals surface area contributed by atoms with Crippen LogP contribution in [-0.4, -0.2) is 11.1 Å². The highest BCUT2D eigenvalue weighted by atomic mass is 16.4. The smallest absolute Gasteiger partial charge is 0.303 e. The molecule has 0 saturated carbocycles. The van der Waals surface area contributed by atoms with Crippen LogP contribution in [-0.2, 0) is 11.2 Å². The van der Waals surface area contributed by atoms with Gasteiger partial charge < -0.3 is 5.11 Å². The van der Waals surface area contributed by atoms with Crippen molar-refractivity contribution in [2.24, 2.45) is 11.8 Å². The van der Waals surface area contributed by atoms with Crippen LogP contribution in [0, 0.1) is 11.8 Å². The first kappa shape index (κ1) is 15.3. The van der Waals surface area contributed by atoms with Gasteiger partial charge in [-0.15, -0.1) is 0 Å². The topological polar surface area (TPSA) is 37.3 Å². The van der Waals surface area contributed by atoms with Gasteiger partial charge in [0.1, 0.15) is 0 Å². The van der Waals surface area contributed by atoms with Crippen LogP contribution in [0.1, 0.15) is 25.8 Å². The Hall–Kier alpha value is -2.09. The molecule has 0 fully saturated rings. The zero-order valence-corrected chi connectivity index (χ0v) is 12.6. The highest BCUT2D eigenvalue weighted by Gasteiger charge is 2.17. The predicted molar refractivity (Wildman–Crippen MR) is 86.2 cm³/mol. The second-order valence-electron chi connectivity index (χ2n) is 5.87. The van der Waals surface area contributed by atoms with Crippen LogP contribution in [0.15, 0.2) is 54.6 Å². The second-order valence-corrected chi connectivity index (χ2v) is 5.87. The highest BCUT2D eigenvalue weighted by molar-refractivity contribution is 5.67. The van der Waals surface area contributed by atoms with Crippen LogP contribution in [0.25, 0.3) is 11.1 Å². The van der Waals surface area contributed by atoms with E-state index in [1.54, 1.807) is 0 Å². The van der Waals surface area contributed by atoms with Crippen molar-refractivity contribution in [1.29, 1.82) is 0 Å². The second kappa shape index (κ2) is 7.07. The Morgan fingerprint density at radius 3 is 2.05 bits per heavy atom. The van der Waals surface area contributed by atoms with E-state index in [-0.39, 0.29) is 12.3 Å². The molecular weight excluding hydrogens is 260 g/mol. The van der Waals surface area contributed by atoms with E-state index >= 15 is 0 Å². The summed E-state index contributed by atoms with van der Waals surface area (Å²) in [4.78, 5) is 10.9. The summed E-state index contributed by atoms with van der Waals surface area (Å²) < 4.78 is 0. The maximum Gasteiger partial charge on any atom is 0.303 e. The zero-order chi connectivity index (χ0) is 15.2. The summed E-state index contributed by atoms with van der Waals surface area (Å²) in [5.41, 5.74) is 3.60. The van der Waals surface area contributed by atoms with E-state index in [0.717, 1.165) is 6.42 Å². The Labute approximate surface area is 126 Å². The van der Waals surface area contributed by atoms with E-state index in [1.165, 1.54) is 16.7 Å². The fourth-order valence-electron chi connectivity index (χ4n) is 2.53. The van der Waals surface area contributed by atoms with Crippen molar-refractivity contribution in [3.8, 4) is 11.1 Å². The molecule has 1 unspecified atom stereocenters. The normalized spacial score (nSPS) is 12.3. The van der Waals surface area contributed by atoms with E-state index in [0.29, 0.717) is 5.92 Å². The lowest BCUT2D eigenvalue weighted by atomic mass is 9.86. The van der Waals surface area contributed by atoms with E-state index in [2.05, 4.69) is 50.2 Å². The average Bonchev–Trinajstić information content (AvgIpc) is 2.48. The van der Waals surface area contributed by atoms with Crippen molar-refractivity contribution in [2.75, 3.05) is 0 Å². The molecule has 0 bridgehead atoms. The first-order valence-electron chi connectivity index (χ1n) is 7.42. The SMILES string of the molecule is CC(C)C(CC(=O)O)Cc1ccc(-c2ccccc2)cc1. The molecule has 2 nitrogen and oxygen atoms in total. The van der Waals surface area contributed by atoms with E-state index in [9.17, 15) is 4.79 Å². The Balaban J connectivity index is 2.10. The lowest BCUT2D eigenvalue weighted by molar-refractivity contribution is -0.138. The Morgan fingerprint density at radius 2 is 1.52 bits per heavy atom. The number of carbonyl (C=O) groups is 1. The molecule has 2 aromatic carbocycles. The third kappa shape index (κ3) is 4.45. The summed E-state index contributed by atoms with van der Waals surface area (Å²) in [7, 11) is 0. The number of carboxylic acids is 1. The molecule has 2 rings (SSSR count). The summed E-state index contributed by atoms with van der Waals surface area (Å²) in [6.07, 6.45) is 1.05. The van der Waals surface area contributed by atoms with Crippen molar-refractivity contribution < 1.29 is 9.90 Å². The van der Waals surface area contributed by atoms with E-state index in [1.807, 2.05) is 18.2 Å². The maximum absolute atomic E-state index is 10.9. The summed E-state index contributed by atoms with van der Waals surface area (Å²) in [6, 6.07) is 18.7. The monoisotopic (exact) mass is 282 g/mol. The van der Waals surface area contributed by atoms with Gasteiger partial charge in [-0.05, 0) is 34.9 Å². The quantitative estimate of drug-likeness (QED) is 0.837. The minimum atomic E-state index is -0.713. The molecule has 0 saturated heterocycles. The van der Waals surface area contributed by atoms with Gasteiger partial charge in [0.25, 0.3) is 0 Å². The summed E-state index contributed by atoms with van der Waals surface area (Å²) in [5, 5.41) is 9.00. The molecule has 2 heteroatoms. The fourth-order valence-corrected chi connectivity index (χ4v) is 2.53. The first-order valence-corrected chi connectivity index (χ1v) is 7.42. The predicted octanol–water partition coefficient (Wildman–Crippen LogP) is 4.64. The van der Waals surface area contributed by atoms with Gasteiger partial charge in [-0.3, -0.25) is 4.79 Å². The van der Waals surface area contributed by atoms with Gasteiger partial charge in [-0.1, -0.05) is 68.4 Å². The molecule has 0 heterocycles. The van der Waals surface area contributed by atoms with Crippen molar-refractivity contribution in [3.05, 3.63) is 60.2 Å². The van der Waals surface area contributed by atoms with Crippen molar-refractivity contribution in [1.82, 2.24) is 0 Å². The van der Waals surface area contributed by atoms with Gasteiger partial charge in [-0.2, -0.15) is 0 Å². The van der Waals surface area contributed by atoms with Crippen molar-refractivity contribution in [2.45, 2.75) is 26.7 Å². The molecule has 0 radical (unpaired) electrons. The van der Waals surface area contributed by atoms with Crippen LogP contribution in [0.3, 0.4) is 0 Å². The number of hydrogen-bond acceptors (Lipinski definition) is 1. The highest BCUT2D eigenvalue weighted by Crippen LogP contribution is 2.24. The molecule has 0 amide bonds. The molecular formula is C19H22O2. The minimum Gasteiger partial charge on any atom is -0.481 e. The fraction of sp³-hybridized carbons (Fsp3) is 0.316. The van der Waals surface area contributed by atoms with Crippen molar-refractivity contribution >= 4 is 5.97 Å². The summed E-state index contributed by atoms with van der Waals surface area (Å²) in [5.74, 6) is -0.158.